The van der Waals surface area contributed by atoms with E-state index in [0.717, 1.165) is 6.07 Å². The predicted molar refractivity (Wildman–Crippen MR) is 82.4 cm³/mol. The van der Waals surface area contributed by atoms with Gasteiger partial charge in [-0.2, -0.15) is 0 Å². The lowest BCUT2D eigenvalue weighted by Gasteiger charge is -2.09. The average molecular weight is 317 g/mol. The first-order valence-corrected chi connectivity index (χ1v) is 6.83. The first kappa shape index (κ1) is 16.2. The molecule has 23 heavy (non-hydrogen) atoms. The summed E-state index contributed by atoms with van der Waals surface area (Å²) in [5, 5.41) is 15.8. The van der Waals surface area contributed by atoms with Crippen molar-refractivity contribution in [1.82, 2.24) is 5.32 Å². The zero-order valence-corrected chi connectivity index (χ0v) is 12.5. The average Bonchev–Trinajstić information content (AvgIpc) is 2.97. The highest BCUT2D eigenvalue weighted by molar-refractivity contribution is 6.03. The summed E-state index contributed by atoms with van der Waals surface area (Å²) in [6, 6.07) is 8.64. The SMILES string of the molecule is CC(C)NC(=O)c1cccc(NC(=O)c2ccc([N+](=O)[O-])o2)c1. The Hall–Kier alpha value is -3.16. The molecule has 2 rings (SSSR count). The van der Waals surface area contributed by atoms with Gasteiger partial charge in [-0.3, -0.25) is 19.7 Å². The molecule has 0 radical (unpaired) electrons. The summed E-state index contributed by atoms with van der Waals surface area (Å²) in [5.41, 5.74) is 0.771. The topological polar surface area (TPSA) is 114 Å². The van der Waals surface area contributed by atoms with Crippen LogP contribution in [0.5, 0.6) is 0 Å². The van der Waals surface area contributed by atoms with Crippen LogP contribution >= 0.6 is 0 Å². The van der Waals surface area contributed by atoms with Gasteiger partial charge in [0.05, 0.1) is 6.07 Å². The van der Waals surface area contributed by atoms with Gasteiger partial charge in [0.2, 0.25) is 0 Å². The summed E-state index contributed by atoms with van der Waals surface area (Å²) >= 11 is 0. The summed E-state index contributed by atoms with van der Waals surface area (Å²) in [5.74, 6) is -1.60. The largest absolute Gasteiger partial charge is 0.433 e. The van der Waals surface area contributed by atoms with Crippen LogP contribution in [0.3, 0.4) is 0 Å². The molecule has 1 aromatic carbocycles. The van der Waals surface area contributed by atoms with Crippen LogP contribution in [0.15, 0.2) is 40.8 Å². The number of amides is 2. The van der Waals surface area contributed by atoms with Gasteiger partial charge in [0.25, 0.3) is 11.8 Å². The van der Waals surface area contributed by atoms with Crippen LogP contribution in [0.25, 0.3) is 0 Å². The van der Waals surface area contributed by atoms with E-state index < -0.39 is 16.7 Å². The van der Waals surface area contributed by atoms with E-state index in [2.05, 4.69) is 10.6 Å². The van der Waals surface area contributed by atoms with Crippen molar-refractivity contribution in [3.05, 3.63) is 57.8 Å². The minimum Gasteiger partial charge on any atom is -0.395 e. The molecule has 120 valence electrons. The summed E-state index contributed by atoms with van der Waals surface area (Å²) in [6.45, 7) is 3.68. The summed E-state index contributed by atoms with van der Waals surface area (Å²) in [4.78, 5) is 33.7. The van der Waals surface area contributed by atoms with Crippen molar-refractivity contribution < 1.29 is 18.9 Å². The fraction of sp³-hybridized carbons (Fsp3) is 0.200. The fourth-order valence-corrected chi connectivity index (χ4v) is 1.82. The molecule has 2 N–H and O–H groups in total. The Balaban J connectivity index is 2.11. The lowest BCUT2D eigenvalue weighted by atomic mass is 10.1. The maximum absolute atomic E-state index is 12.0. The Labute approximate surface area is 131 Å². The summed E-state index contributed by atoms with van der Waals surface area (Å²) in [6.07, 6.45) is 0. The molecule has 0 unspecified atom stereocenters. The zero-order valence-electron chi connectivity index (χ0n) is 12.5. The van der Waals surface area contributed by atoms with Gasteiger partial charge in [-0.25, -0.2) is 0 Å². The third-order valence-electron chi connectivity index (χ3n) is 2.80. The monoisotopic (exact) mass is 317 g/mol. The van der Waals surface area contributed by atoms with E-state index in [1.807, 2.05) is 13.8 Å². The summed E-state index contributed by atoms with van der Waals surface area (Å²) < 4.78 is 4.82. The predicted octanol–water partition coefficient (Wildman–Crippen LogP) is 2.58. The van der Waals surface area contributed by atoms with E-state index in [0.29, 0.717) is 11.3 Å². The maximum atomic E-state index is 12.0. The Kier molecular flexibility index (Phi) is 4.75. The molecule has 0 saturated heterocycles. The second-order valence-electron chi connectivity index (χ2n) is 5.06. The van der Waals surface area contributed by atoms with Gasteiger partial charge >= 0.3 is 5.88 Å². The van der Waals surface area contributed by atoms with Crippen LogP contribution in [0.2, 0.25) is 0 Å². The van der Waals surface area contributed by atoms with E-state index in [1.165, 1.54) is 12.1 Å². The van der Waals surface area contributed by atoms with Crippen molar-refractivity contribution >= 4 is 23.4 Å². The number of rotatable bonds is 5. The number of nitrogens with one attached hydrogen (secondary N) is 2. The van der Waals surface area contributed by atoms with E-state index in [4.69, 9.17) is 4.42 Å². The number of benzene rings is 1. The Morgan fingerprint density at radius 1 is 1.17 bits per heavy atom. The molecule has 2 amide bonds. The highest BCUT2D eigenvalue weighted by Crippen LogP contribution is 2.18. The van der Waals surface area contributed by atoms with E-state index in [9.17, 15) is 19.7 Å². The van der Waals surface area contributed by atoms with Crippen LogP contribution in [0.1, 0.15) is 34.8 Å². The third kappa shape index (κ3) is 4.16. The van der Waals surface area contributed by atoms with Gasteiger partial charge in [-0.05, 0) is 38.1 Å². The van der Waals surface area contributed by atoms with E-state index in [1.54, 1.807) is 18.2 Å². The van der Waals surface area contributed by atoms with Crippen molar-refractivity contribution in [3.63, 3.8) is 0 Å². The Morgan fingerprint density at radius 2 is 1.91 bits per heavy atom. The first-order valence-electron chi connectivity index (χ1n) is 6.83. The molecule has 0 bridgehead atoms. The van der Waals surface area contributed by atoms with Gasteiger partial charge < -0.3 is 15.1 Å². The van der Waals surface area contributed by atoms with Crippen LogP contribution in [0, 0.1) is 10.1 Å². The number of hydrogen-bond donors (Lipinski definition) is 2. The van der Waals surface area contributed by atoms with Gasteiger partial charge in [-0.15, -0.1) is 0 Å². The minimum atomic E-state index is -0.729. The van der Waals surface area contributed by atoms with Crippen LogP contribution in [0.4, 0.5) is 11.6 Å². The second kappa shape index (κ2) is 6.73. The van der Waals surface area contributed by atoms with Crippen molar-refractivity contribution in [2.75, 3.05) is 5.32 Å². The normalized spacial score (nSPS) is 10.4. The molecule has 0 saturated carbocycles. The molecular formula is C15H15N3O5. The quantitative estimate of drug-likeness (QED) is 0.649. The molecule has 0 spiro atoms. The Morgan fingerprint density at radius 3 is 2.52 bits per heavy atom. The molecule has 1 aromatic heterocycles. The van der Waals surface area contributed by atoms with Crippen LogP contribution < -0.4 is 10.6 Å². The van der Waals surface area contributed by atoms with Crippen LogP contribution in [-0.2, 0) is 0 Å². The Bertz CT molecular complexity index is 751. The van der Waals surface area contributed by atoms with Crippen molar-refractivity contribution in [3.8, 4) is 0 Å². The standard InChI is InChI=1S/C15H15N3O5/c1-9(2)16-14(19)10-4-3-5-11(8-10)17-15(20)12-6-7-13(23-12)18(21)22/h3-9H,1-2H3,(H,16,19)(H,17,20). The first-order chi connectivity index (χ1) is 10.9. The fourth-order valence-electron chi connectivity index (χ4n) is 1.82. The number of carbonyl (C=O) groups is 2. The highest BCUT2D eigenvalue weighted by Gasteiger charge is 2.17. The lowest BCUT2D eigenvalue weighted by molar-refractivity contribution is -0.402. The molecule has 2 aromatic rings. The molecule has 0 fully saturated rings. The van der Waals surface area contributed by atoms with E-state index in [-0.39, 0.29) is 17.7 Å². The van der Waals surface area contributed by atoms with Crippen molar-refractivity contribution in [2.45, 2.75) is 19.9 Å². The molecule has 0 atom stereocenters. The third-order valence-corrected chi connectivity index (χ3v) is 2.80. The molecule has 0 aliphatic rings. The molecule has 0 aliphatic heterocycles. The zero-order chi connectivity index (χ0) is 17.0. The van der Waals surface area contributed by atoms with Gasteiger partial charge in [0.1, 0.15) is 4.92 Å². The number of carbonyl (C=O) groups excluding carboxylic acids is 2. The molecule has 8 heteroatoms. The number of nitro groups is 1. The number of furan rings is 1. The van der Waals surface area contributed by atoms with E-state index >= 15 is 0 Å². The molecule has 8 nitrogen and oxygen atoms in total. The number of hydrogen-bond acceptors (Lipinski definition) is 5. The molecular weight excluding hydrogens is 302 g/mol. The van der Waals surface area contributed by atoms with Gasteiger partial charge in [-0.1, -0.05) is 6.07 Å². The molecule has 1 heterocycles. The minimum absolute atomic E-state index is 0.00980. The number of anilines is 1. The van der Waals surface area contributed by atoms with Crippen molar-refractivity contribution in [2.24, 2.45) is 0 Å². The molecule has 0 aliphatic carbocycles. The number of nitrogens with zero attached hydrogens (tertiary/aromatic N) is 1. The lowest BCUT2D eigenvalue weighted by Crippen LogP contribution is -2.30. The smallest absolute Gasteiger partial charge is 0.395 e. The summed E-state index contributed by atoms with van der Waals surface area (Å²) in [7, 11) is 0. The second-order valence-corrected chi connectivity index (χ2v) is 5.06. The highest BCUT2D eigenvalue weighted by atomic mass is 16.6. The maximum Gasteiger partial charge on any atom is 0.433 e. The van der Waals surface area contributed by atoms with Gasteiger partial charge in [0.15, 0.2) is 5.76 Å². The van der Waals surface area contributed by atoms with Gasteiger partial charge in [0, 0.05) is 17.3 Å². The van der Waals surface area contributed by atoms with Crippen molar-refractivity contribution in [1.29, 1.82) is 0 Å². The van der Waals surface area contributed by atoms with Crippen LogP contribution in [-0.4, -0.2) is 22.8 Å².